The highest BCUT2D eigenvalue weighted by molar-refractivity contribution is 6.07. The predicted molar refractivity (Wildman–Crippen MR) is 95.9 cm³/mol. The first kappa shape index (κ1) is 18.6. The number of benzene rings is 1. The highest BCUT2D eigenvalue weighted by Crippen LogP contribution is 2.33. The summed E-state index contributed by atoms with van der Waals surface area (Å²) < 4.78 is 9.84. The third-order valence-corrected chi connectivity index (χ3v) is 4.20. The van der Waals surface area contributed by atoms with Crippen molar-refractivity contribution in [1.29, 1.82) is 0 Å². The van der Waals surface area contributed by atoms with Crippen molar-refractivity contribution in [3.8, 4) is 11.1 Å². The Labute approximate surface area is 148 Å². The zero-order chi connectivity index (χ0) is 18.7. The normalized spacial score (nSPS) is 10.7. The van der Waals surface area contributed by atoms with Gasteiger partial charge >= 0.3 is 11.9 Å². The molecule has 0 amide bonds. The molecule has 0 N–H and O–H groups in total. The van der Waals surface area contributed by atoms with Gasteiger partial charge in [0.2, 0.25) is 0 Å². The lowest BCUT2D eigenvalue weighted by atomic mass is 9.91. The lowest BCUT2D eigenvalue weighted by Crippen LogP contribution is -2.16. The average Bonchev–Trinajstić information content (AvgIpc) is 2.60. The van der Waals surface area contributed by atoms with Gasteiger partial charge in [0.25, 0.3) is 0 Å². The summed E-state index contributed by atoms with van der Waals surface area (Å²) in [6.07, 6.45) is 0. The second kappa shape index (κ2) is 7.47. The van der Waals surface area contributed by atoms with Gasteiger partial charge in [-0.2, -0.15) is 0 Å². The minimum Gasteiger partial charge on any atom is -0.465 e. The third kappa shape index (κ3) is 3.55. The first-order chi connectivity index (χ1) is 11.8. The second-order valence-corrected chi connectivity index (χ2v) is 6.17. The summed E-state index contributed by atoms with van der Waals surface area (Å²) in [5.41, 5.74) is 4.01. The summed E-state index contributed by atoms with van der Waals surface area (Å²) in [6.45, 7) is 7.67. The van der Waals surface area contributed by atoms with Crippen LogP contribution in [0.25, 0.3) is 11.1 Å². The van der Waals surface area contributed by atoms with Crippen molar-refractivity contribution >= 4 is 11.9 Å². The molecule has 0 fully saturated rings. The van der Waals surface area contributed by atoms with E-state index in [4.69, 9.17) is 9.47 Å². The van der Waals surface area contributed by atoms with Crippen LogP contribution in [0.4, 0.5) is 0 Å². The number of hydrogen-bond donors (Lipinski definition) is 0. The fourth-order valence-electron chi connectivity index (χ4n) is 2.88. The summed E-state index contributed by atoms with van der Waals surface area (Å²) >= 11 is 0. The van der Waals surface area contributed by atoms with Crippen LogP contribution in [0.3, 0.4) is 0 Å². The number of rotatable bonds is 4. The second-order valence-electron chi connectivity index (χ2n) is 6.17. The zero-order valence-electron chi connectivity index (χ0n) is 15.5. The van der Waals surface area contributed by atoms with E-state index >= 15 is 0 Å². The molecule has 0 unspecified atom stereocenters. The lowest BCUT2D eigenvalue weighted by Gasteiger charge is -2.17. The van der Waals surface area contributed by atoms with Gasteiger partial charge in [0, 0.05) is 5.56 Å². The third-order valence-electron chi connectivity index (χ3n) is 4.20. The van der Waals surface area contributed by atoms with Gasteiger partial charge in [-0.15, -0.1) is 0 Å². The maximum absolute atomic E-state index is 12.4. The first-order valence-electron chi connectivity index (χ1n) is 8.09. The van der Waals surface area contributed by atoms with E-state index in [1.807, 2.05) is 24.3 Å². The van der Waals surface area contributed by atoms with Gasteiger partial charge in [0.1, 0.15) is 0 Å². The Balaban J connectivity index is 2.83. The minimum atomic E-state index is -0.530. The molecule has 132 valence electrons. The molecule has 1 aromatic carbocycles. The Kier molecular flexibility index (Phi) is 5.57. The number of esters is 2. The molecule has 0 bridgehead atoms. The number of aromatic nitrogens is 1. The van der Waals surface area contributed by atoms with E-state index in [-0.39, 0.29) is 11.1 Å². The Morgan fingerprint density at radius 2 is 1.32 bits per heavy atom. The number of nitrogens with zero attached hydrogens (tertiary/aromatic N) is 1. The van der Waals surface area contributed by atoms with Crippen LogP contribution in [0, 0.1) is 13.8 Å². The van der Waals surface area contributed by atoms with E-state index in [0.717, 1.165) is 5.56 Å². The van der Waals surface area contributed by atoms with Gasteiger partial charge in [-0.25, -0.2) is 9.59 Å². The predicted octanol–water partition coefficient (Wildman–Crippen LogP) is 4.06. The number of hydrogen-bond acceptors (Lipinski definition) is 5. The van der Waals surface area contributed by atoms with Gasteiger partial charge in [0.15, 0.2) is 0 Å². The minimum absolute atomic E-state index is 0.283. The maximum Gasteiger partial charge on any atom is 0.340 e. The van der Waals surface area contributed by atoms with Crippen LogP contribution in [-0.2, 0) is 9.47 Å². The molecule has 5 heteroatoms. The van der Waals surface area contributed by atoms with Crippen molar-refractivity contribution in [3.63, 3.8) is 0 Å². The van der Waals surface area contributed by atoms with Crippen LogP contribution in [0.2, 0.25) is 0 Å². The van der Waals surface area contributed by atoms with Crippen LogP contribution in [0.15, 0.2) is 24.3 Å². The SMILES string of the molecule is COC(=O)c1c(C)nc(C)c(C(=O)OC)c1-c1ccc(C(C)C)cc1. The molecule has 0 spiro atoms. The maximum atomic E-state index is 12.4. The molecule has 0 saturated carbocycles. The van der Waals surface area contributed by atoms with Gasteiger partial charge in [-0.3, -0.25) is 4.98 Å². The van der Waals surface area contributed by atoms with Gasteiger partial charge < -0.3 is 9.47 Å². The largest absolute Gasteiger partial charge is 0.465 e. The van der Waals surface area contributed by atoms with Crippen molar-refractivity contribution in [2.24, 2.45) is 0 Å². The van der Waals surface area contributed by atoms with E-state index in [0.29, 0.717) is 22.9 Å². The Hall–Kier alpha value is -2.69. The van der Waals surface area contributed by atoms with Crippen LogP contribution in [0.5, 0.6) is 0 Å². The highest BCUT2D eigenvalue weighted by Gasteiger charge is 2.27. The summed E-state index contributed by atoms with van der Waals surface area (Å²) in [7, 11) is 2.62. The van der Waals surface area contributed by atoms with Crippen LogP contribution >= 0.6 is 0 Å². The van der Waals surface area contributed by atoms with Crippen molar-refractivity contribution in [1.82, 2.24) is 4.98 Å². The van der Waals surface area contributed by atoms with Gasteiger partial charge in [-0.05, 0) is 30.9 Å². The number of aryl methyl sites for hydroxylation is 2. The summed E-state index contributed by atoms with van der Waals surface area (Å²) in [5.74, 6) is -0.675. The van der Waals surface area contributed by atoms with E-state index in [9.17, 15) is 9.59 Å². The number of carbonyl (C=O) groups excluding carboxylic acids is 2. The van der Waals surface area contributed by atoms with E-state index in [1.165, 1.54) is 19.8 Å². The molecule has 0 aliphatic heterocycles. The molecule has 0 aliphatic carbocycles. The fourth-order valence-corrected chi connectivity index (χ4v) is 2.88. The molecule has 0 radical (unpaired) electrons. The topological polar surface area (TPSA) is 65.5 Å². The molecular formula is C20H23NO4. The molecule has 2 rings (SSSR count). The number of pyridine rings is 1. The number of carbonyl (C=O) groups is 2. The Bertz CT molecular complexity index is 767. The van der Waals surface area contributed by atoms with Crippen molar-refractivity contribution in [3.05, 3.63) is 52.3 Å². The summed E-state index contributed by atoms with van der Waals surface area (Å²) in [4.78, 5) is 29.1. The summed E-state index contributed by atoms with van der Waals surface area (Å²) in [6, 6.07) is 7.80. The van der Waals surface area contributed by atoms with Crippen LogP contribution in [0.1, 0.15) is 57.4 Å². The molecule has 0 atom stereocenters. The molecule has 0 saturated heterocycles. The molecular weight excluding hydrogens is 318 g/mol. The molecule has 0 aliphatic rings. The van der Waals surface area contributed by atoms with Crippen molar-refractivity contribution in [2.75, 3.05) is 14.2 Å². The van der Waals surface area contributed by atoms with Gasteiger partial charge in [-0.1, -0.05) is 38.1 Å². The van der Waals surface area contributed by atoms with Crippen LogP contribution in [-0.4, -0.2) is 31.1 Å². The molecule has 2 aromatic rings. The first-order valence-corrected chi connectivity index (χ1v) is 8.09. The van der Waals surface area contributed by atoms with Gasteiger partial charge in [0.05, 0.1) is 36.7 Å². The monoisotopic (exact) mass is 341 g/mol. The number of methoxy groups -OCH3 is 2. The average molecular weight is 341 g/mol. The van der Waals surface area contributed by atoms with Crippen LogP contribution < -0.4 is 0 Å². The standard InChI is InChI=1S/C20H23NO4/c1-11(2)14-7-9-15(10-8-14)18-16(19(22)24-5)12(3)21-13(4)17(18)20(23)25-6/h7-11H,1-6H3. The smallest absolute Gasteiger partial charge is 0.340 e. The Morgan fingerprint density at radius 1 is 0.880 bits per heavy atom. The van der Waals surface area contributed by atoms with Crippen molar-refractivity contribution in [2.45, 2.75) is 33.6 Å². The molecule has 1 heterocycles. The molecule has 1 aromatic heterocycles. The quantitative estimate of drug-likeness (QED) is 0.785. The highest BCUT2D eigenvalue weighted by atomic mass is 16.5. The van der Waals surface area contributed by atoms with E-state index in [2.05, 4.69) is 18.8 Å². The van der Waals surface area contributed by atoms with E-state index in [1.54, 1.807) is 13.8 Å². The lowest BCUT2D eigenvalue weighted by molar-refractivity contribution is 0.0599. The summed E-state index contributed by atoms with van der Waals surface area (Å²) in [5, 5.41) is 0. The Morgan fingerprint density at radius 3 is 1.68 bits per heavy atom. The fraction of sp³-hybridized carbons (Fsp3) is 0.350. The zero-order valence-corrected chi connectivity index (χ0v) is 15.5. The number of ether oxygens (including phenoxy) is 2. The molecule has 5 nitrogen and oxygen atoms in total. The molecule has 25 heavy (non-hydrogen) atoms. The van der Waals surface area contributed by atoms with Crippen molar-refractivity contribution < 1.29 is 19.1 Å². The van der Waals surface area contributed by atoms with E-state index < -0.39 is 11.9 Å².